The lowest BCUT2D eigenvalue weighted by Gasteiger charge is -2.25. The zero-order valence-corrected chi connectivity index (χ0v) is 7.47. The summed E-state index contributed by atoms with van der Waals surface area (Å²) in [6.07, 6.45) is 7.19. The van der Waals surface area contributed by atoms with E-state index in [1.54, 1.807) is 0 Å². The van der Waals surface area contributed by atoms with E-state index in [0.717, 1.165) is 18.6 Å². The van der Waals surface area contributed by atoms with Gasteiger partial charge in [-0.05, 0) is 12.8 Å². The van der Waals surface area contributed by atoms with E-state index in [4.69, 9.17) is 9.47 Å². The van der Waals surface area contributed by atoms with E-state index in [2.05, 4.69) is 6.58 Å². The van der Waals surface area contributed by atoms with E-state index in [9.17, 15) is 0 Å². The van der Waals surface area contributed by atoms with Gasteiger partial charge in [-0.15, -0.1) is 0 Å². The lowest BCUT2D eigenvalue weighted by atomic mass is 10.1. The topological polar surface area (TPSA) is 18.5 Å². The lowest BCUT2D eigenvalue weighted by molar-refractivity contribution is -0.156. The zero-order valence-electron chi connectivity index (χ0n) is 7.47. The molecule has 2 fully saturated rings. The van der Waals surface area contributed by atoms with Crippen molar-refractivity contribution < 1.29 is 9.47 Å². The molecular formula is C10H16O2. The molecule has 12 heavy (non-hydrogen) atoms. The fourth-order valence-corrected chi connectivity index (χ4v) is 2.05. The van der Waals surface area contributed by atoms with Crippen LogP contribution < -0.4 is 0 Å². The molecule has 2 aliphatic rings. The van der Waals surface area contributed by atoms with Crippen molar-refractivity contribution in [3.05, 3.63) is 12.3 Å². The fraction of sp³-hybridized carbons (Fsp3) is 0.800. The standard InChI is InChI=1S/C10H16O2/c1-9-8-11-10(12-9)6-4-2-3-5-7-10/h1-8H2. The molecule has 2 nitrogen and oxygen atoms in total. The molecule has 1 spiro atoms. The second kappa shape index (κ2) is 3.09. The minimum Gasteiger partial charge on any atom is -0.465 e. The van der Waals surface area contributed by atoms with E-state index in [0.29, 0.717) is 6.61 Å². The van der Waals surface area contributed by atoms with E-state index < -0.39 is 0 Å². The molecule has 68 valence electrons. The molecule has 0 aromatic rings. The largest absolute Gasteiger partial charge is 0.465 e. The van der Waals surface area contributed by atoms with Crippen molar-refractivity contribution in [1.29, 1.82) is 0 Å². The summed E-state index contributed by atoms with van der Waals surface area (Å²) in [5.74, 6) is 0.532. The second-order valence-corrected chi connectivity index (χ2v) is 3.75. The summed E-state index contributed by atoms with van der Waals surface area (Å²) in [5.41, 5.74) is 0. The van der Waals surface area contributed by atoms with Crippen LogP contribution in [-0.4, -0.2) is 12.4 Å². The van der Waals surface area contributed by atoms with E-state index >= 15 is 0 Å². The first-order valence-corrected chi connectivity index (χ1v) is 4.82. The van der Waals surface area contributed by atoms with Crippen LogP contribution in [0.25, 0.3) is 0 Å². The number of hydrogen-bond donors (Lipinski definition) is 0. The molecule has 1 heterocycles. The first-order chi connectivity index (χ1) is 5.81. The molecule has 1 saturated carbocycles. The molecule has 2 heteroatoms. The van der Waals surface area contributed by atoms with Crippen molar-refractivity contribution in [2.75, 3.05) is 6.61 Å². The summed E-state index contributed by atoms with van der Waals surface area (Å²) >= 11 is 0. The van der Waals surface area contributed by atoms with Crippen molar-refractivity contribution >= 4 is 0 Å². The Morgan fingerprint density at radius 1 is 1.08 bits per heavy atom. The van der Waals surface area contributed by atoms with Crippen molar-refractivity contribution in [2.24, 2.45) is 0 Å². The first-order valence-electron chi connectivity index (χ1n) is 4.82. The number of rotatable bonds is 0. The maximum absolute atomic E-state index is 5.65. The average molecular weight is 168 g/mol. The van der Waals surface area contributed by atoms with Crippen LogP contribution in [0.5, 0.6) is 0 Å². The SMILES string of the molecule is C=C1COC2(CCCCCC2)O1. The van der Waals surface area contributed by atoms with Gasteiger partial charge in [0.25, 0.3) is 0 Å². The molecule has 1 aliphatic carbocycles. The van der Waals surface area contributed by atoms with Gasteiger partial charge in [0, 0.05) is 12.8 Å². The summed E-state index contributed by atoms with van der Waals surface area (Å²) in [4.78, 5) is 0. The summed E-state index contributed by atoms with van der Waals surface area (Å²) in [6, 6.07) is 0. The third-order valence-electron chi connectivity index (χ3n) is 2.69. The number of ether oxygens (including phenoxy) is 2. The Labute approximate surface area is 73.5 Å². The van der Waals surface area contributed by atoms with E-state index in [-0.39, 0.29) is 5.79 Å². The lowest BCUT2D eigenvalue weighted by Crippen LogP contribution is -2.28. The van der Waals surface area contributed by atoms with Gasteiger partial charge in [0.2, 0.25) is 5.79 Å². The Morgan fingerprint density at radius 3 is 2.25 bits per heavy atom. The normalized spacial score (nSPS) is 28.5. The highest BCUT2D eigenvalue weighted by molar-refractivity contribution is 4.93. The van der Waals surface area contributed by atoms with Crippen LogP contribution in [0.1, 0.15) is 38.5 Å². The zero-order chi connectivity index (χ0) is 8.44. The minimum atomic E-state index is -0.270. The van der Waals surface area contributed by atoms with Crippen molar-refractivity contribution in [3.63, 3.8) is 0 Å². The van der Waals surface area contributed by atoms with Crippen molar-refractivity contribution in [2.45, 2.75) is 44.3 Å². The summed E-state index contributed by atoms with van der Waals surface area (Å²) < 4.78 is 11.3. The highest BCUT2D eigenvalue weighted by Crippen LogP contribution is 2.37. The second-order valence-electron chi connectivity index (χ2n) is 3.75. The van der Waals surface area contributed by atoms with Crippen LogP contribution in [-0.2, 0) is 9.47 Å². The maximum Gasteiger partial charge on any atom is 0.210 e. The predicted molar refractivity (Wildman–Crippen MR) is 46.6 cm³/mol. The highest BCUT2D eigenvalue weighted by atomic mass is 16.7. The third kappa shape index (κ3) is 1.48. The Balaban J connectivity index is 2.03. The van der Waals surface area contributed by atoms with Gasteiger partial charge in [0.1, 0.15) is 12.4 Å². The van der Waals surface area contributed by atoms with Gasteiger partial charge in [0.05, 0.1) is 0 Å². The quantitative estimate of drug-likeness (QED) is 0.553. The Morgan fingerprint density at radius 2 is 1.75 bits per heavy atom. The van der Waals surface area contributed by atoms with Crippen LogP contribution in [0, 0.1) is 0 Å². The Kier molecular flexibility index (Phi) is 2.09. The fourth-order valence-electron chi connectivity index (χ4n) is 2.05. The molecule has 0 N–H and O–H groups in total. The molecule has 0 unspecified atom stereocenters. The summed E-state index contributed by atoms with van der Waals surface area (Å²) in [7, 11) is 0. The van der Waals surface area contributed by atoms with Gasteiger partial charge >= 0.3 is 0 Å². The molecule has 1 aliphatic heterocycles. The monoisotopic (exact) mass is 168 g/mol. The van der Waals surface area contributed by atoms with Gasteiger partial charge in [-0.25, -0.2) is 0 Å². The average Bonchev–Trinajstić information content (AvgIpc) is 2.30. The molecule has 0 amide bonds. The van der Waals surface area contributed by atoms with Gasteiger partial charge in [0.15, 0.2) is 0 Å². The summed E-state index contributed by atoms with van der Waals surface area (Å²) in [5, 5.41) is 0. The van der Waals surface area contributed by atoms with Crippen LogP contribution in [0.3, 0.4) is 0 Å². The molecule has 0 aromatic heterocycles. The van der Waals surface area contributed by atoms with Crippen LogP contribution >= 0.6 is 0 Å². The molecule has 2 rings (SSSR count). The first kappa shape index (κ1) is 8.11. The van der Waals surface area contributed by atoms with Gasteiger partial charge in [-0.3, -0.25) is 0 Å². The minimum absolute atomic E-state index is 0.270. The van der Waals surface area contributed by atoms with Crippen LogP contribution in [0.15, 0.2) is 12.3 Å². The highest BCUT2D eigenvalue weighted by Gasteiger charge is 2.38. The van der Waals surface area contributed by atoms with Crippen LogP contribution in [0.4, 0.5) is 0 Å². The van der Waals surface area contributed by atoms with Gasteiger partial charge < -0.3 is 9.47 Å². The molecule has 0 radical (unpaired) electrons. The summed E-state index contributed by atoms with van der Waals surface area (Å²) in [6.45, 7) is 4.38. The predicted octanol–water partition coefficient (Wildman–Crippen LogP) is 2.60. The molecule has 1 saturated heterocycles. The number of hydrogen-bond acceptors (Lipinski definition) is 2. The Hall–Kier alpha value is -0.500. The molecule has 0 aromatic carbocycles. The van der Waals surface area contributed by atoms with Crippen molar-refractivity contribution in [3.8, 4) is 0 Å². The molecule has 0 atom stereocenters. The van der Waals surface area contributed by atoms with Gasteiger partial charge in [-0.2, -0.15) is 0 Å². The van der Waals surface area contributed by atoms with E-state index in [1.165, 1.54) is 25.7 Å². The van der Waals surface area contributed by atoms with Crippen LogP contribution in [0.2, 0.25) is 0 Å². The van der Waals surface area contributed by atoms with Crippen molar-refractivity contribution in [1.82, 2.24) is 0 Å². The Bertz CT molecular complexity index is 178. The van der Waals surface area contributed by atoms with Gasteiger partial charge in [-0.1, -0.05) is 19.4 Å². The molecule has 0 bridgehead atoms. The third-order valence-corrected chi connectivity index (χ3v) is 2.69. The maximum atomic E-state index is 5.65. The smallest absolute Gasteiger partial charge is 0.210 e. The van der Waals surface area contributed by atoms with E-state index in [1.807, 2.05) is 0 Å². The molecular weight excluding hydrogens is 152 g/mol.